The Labute approximate surface area is 93.6 Å². The van der Waals surface area contributed by atoms with Crippen molar-refractivity contribution in [1.82, 2.24) is 14.6 Å². The number of rotatable bonds is 1. The maximum atomic E-state index is 12.5. The van der Waals surface area contributed by atoms with Crippen LogP contribution in [0.25, 0.3) is 5.65 Å². The first-order valence-electron chi connectivity index (χ1n) is 4.58. The Kier molecular flexibility index (Phi) is 2.30. The predicted molar refractivity (Wildman–Crippen MR) is 53.7 cm³/mol. The van der Waals surface area contributed by atoms with Gasteiger partial charge >= 0.3 is 6.18 Å². The molecule has 0 bridgehead atoms. The Morgan fingerprint density at radius 2 is 2.06 bits per heavy atom. The smallest absolute Gasteiger partial charge is 0.384 e. The van der Waals surface area contributed by atoms with E-state index in [4.69, 9.17) is 11.1 Å². The summed E-state index contributed by atoms with van der Waals surface area (Å²) in [6.45, 7) is 1.59. The summed E-state index contributed by atoms with van der Waals surface area (Å²) in [5.41, 5.74) is 5.81. The summed E-state index contributed by atoms with van der Waals surface area (Å²) in [5, 5.41) is 10.6. The third-order valence-corrected chi connectivity index (χ3v) is 2.22. The highest BCUT2D eigenvalue weighted by Gasteiger charge is 2.36. The number of halogens is 3. The van der Waals surface area contributed by atoms with Crippen LogP contribution >= 0.6 is 0 Å². The molecule has 3 N–H and O–H groups in total. The molecule has 90 valence electrons. The number of nitrogen functional groups attached to an aromatic ring is 1. The van der Waals surface area contributed by atoms with E-state index < -0.39 is 12.0 Å². The largest absolute Gasteiger partial charge is 0.453 e. The molecular formula is C9H8F3N5. The first kappa shape index (κ1) is 11.4. The van der Waals surface area contributed by atoms with E-state index in [1.807, 2.05) is 0 Å². The van der Waals surface area contributed by atoms with Crippen molar-refractivity contribution < 1.29 is 13.2 Å². The van der Waals surface area contributed by atoms with Gasteiger partial charge in [-0.25, -0.2) is 9.50 Å². The van der Waals surface area contributed by atoms with Crippen LogP contribution in [-0.4, -0.2) is 20.4 Å². The number of alkyl halides is 3. The second kappa shape index (κ2) is 3.44. The maximum Gasteiger partial charge on any atom is 0.453 e. The number of hydrogen-bond acceptors (Lipinski definition) is 3. The quantitative estimate of drug-likeness (QED) is 0.585. The van der Waals surface area contributed by atoms with Crippen LogP contribution in [0.5, 0.6) is 0 Å². The standard InChI is InChI=1S/C9H8F3N5/c1-4-2-3-5(6(13)14)7-15-8(9(10,11)12)16-17(4)7/h2-3H,1H3,(H3,13,14). The van der Waals surface area contributed by atoms with E-state index >= 15 is 0 Å². The molecule has 2 rings (SSSR count). The molecule has 0 radical (unpaired) electrons. The van der Waals surface area contributed by atoms with Gasteiger partial charge in [-0.05, 0) is 19.1 Å². The van der Waals surface area contributed by atoms with E-state index in [1.165, 1.54) is 12.1 Å². The third-order valence-electron chi connectivity index (χ3n) is 2.22. The number of nitrogens with one attached hydrogen (secondary N) is 1. The summed E-state index contributed by atoms with van der Waals surface area (Å²) in [6.07, 6.45) is -4.62. The average molecular weight is 243 g/mol. The van der Waals surface area contributed by atoms with Crippen molar-refractivity contribution in [3.8, 4) is 0 Å². The molecule has 0 fully saturated rings. The first-order valence-corrected chi connectivity index (χ1v) is 4.58. The van der Waals surface area contributed by atoms with Gasteiger partial charge in [0.2, 0.25) is 0 Å². The average Bonchev–Trinajstić information content (AvgIpc) is 2.62. The fourth-order valence-electron chi connectivity index (χ4n) is 1.41. The van der Waals surface area contributed by atoms with Gasteiger partial charge in [0.1, 0.15) is 5.84 Å². The molecule has 17 heavy (non-hydrogen) atoms. The fraction of sp³-hybridized carbons (Fsp3) is 0.222. The number of fused-ring (bicyclic) bond motifs is 1. The molecule has 0 spiro atoms. The van der Waals surface area contributed by atoms with Crippen LogP contribution < -0.4 is 5.73 Å². The lowest BCUT2D eigenvalue weighted by Gasteiger charge is -2.02. The lowest BCUT2D eigenvalue weighted by molar-refractivity contribution is -0.144. The number of pyridine rings is 1. The Hall–Kier alpha value is -2.12. The van der Waals surface area contributed by atoms with Crippen molar-refractivity contribution in [2.75, 3.05) is 0 Å². The zero-order chi connectivity index (χ0) is 12.8. The molecule has 0 amide bonds. The highest BCUT2D eigenvalue weighted by Crippen LogP contribution is 2.27. The molecule has 8 heteroatoms. The molecule has 5 nitrogen and oxygen atoms in total. The van der Waals surface area contributed by atoms with E-state index in [0.29, 0.717) is 5.69 Å². The van der Waals surface area contributed by atoms with E-state index in [-0.39, 0.29) is 17.0 Å². The minimum atomic E-state index is -4.62. The minimum Gasteiger partial charge on any atom is -0.384 e. The van der Waals surface area contributed by atoms with E-state index in [2.05, 4.69) is 10.1 Å². The number of nitrogens with zero attached hydrogens (tertiary/aromatic N) is 3. The highest BCUT2D eigenvalue weighted by molar-refractivity contribution is 6.00. The fourth-order valence-corrected chi connectivity index (χ4v) is 1.41. The van der Waals surface area contributed by atoms with Crippen LogP contribution in [0.1, 0.15) is 17.1 Å². The topological polar surface area (TPSA) is 80.1 Å². The summed E-state index contributed by atoms with van der Waals surface area (Å²) >= 11 is 0. The van der Waals surface area contributed by atoms with Gasteiger partial charge in [0.05, 0.1) is 5.56 Å². The lowest BCUT2D eigenvalue weighted by atomic mass is 10.2. The molecule has 0 saturated carbocycles. The Bertz CT molecular complexity index is 598. The Morgan fingerprint density at radius 1 is 1.41 bits per heavy atom. The Balaban J connectivity index is 2.79. The van der Waals surface area contributed by atoms with Gasteiger partial charge in [-0.3, -0.25) is 5.41 Å². The number of aromatic nitrogens is 3. The van der Waals surface area contributed by atoms with Crippen LogP contribution in [0.15, 0.2) is 12.1 Å². The molecule has 2 aromatic rings. The molecule has 0 unspecified atom stereocenters. The summed E-state index contributed by atoms with van der Waals surface area (Å²) in [4.78, 5) is 3.37. The lowest BCUT2D eigenvalue weighted by Crippen LogP contribution is -2.13. The van der Waals surface area contributed by atoms with Crippen molar-refractivity contribution in [3.05, 3.63) is 29.2 Å². The second-order valence-corrected chi connectivity index (χ2v) is 3.47. The zero-order valence-electron chi connectivity index (χ0n) is 8.71. The normalized spacial score (nSPS) is 12.0. The minimum absolute atomic E-state index is 0.0650. The molecule has 0 aliphatic carbocycles. The molecule has 0 saturated heterocycles. The second-order valence-electron chi connectivity index (χ2n) is 3.47. The van der Waals surface area contributed by atoms with Crippen molar-refractivity contribution >= 4 is 11.5 Å². The SMILES string of the molecule is Cc1ccc(C(=N)N)c2nc(C(F)(F)F)nn12. The van der Waals surface area contributed by atoms with Gasteiger partial charge in [-0.2, -0.15) is 13.2 Å². The summed E-state index contributed by atoms with van der Waals surface area (Å²) < 4.78 is 38.4. The first-order chi connectivity index (χ1) is 7.80. The van der Waals surface area contributed by atoms with E-state index in [0.717, 1.165) is 4.52 Å². The van der Waals surface area contributed by atoms with Gasteiger partial charge in [0.25, 0.3) is 5.82 Å². The monoisotopic (exact) mass is 243 g/mol. The van der Waals surface area contributed by atoms with Crippen LogP contribution in [-0.2, 0) is 6.18 Å². The van der Waals surface area contributed by atoms with Gasteiger partial charge < -0.3 is 5.73 Å². The van der Waals surface area contributed by atoms with Crippen LogP contribution in [0.2, 0.25) is 0 Å². The van der Waals surface area contributed by atoms with Gasteiger partial charge in [0, 0.05) is 5.69 Å². The van der Waals surface area contributed by atoms with Crippen LogP contribution in [0, 0.1) is 12.3 Å². The molecule has 2 heterocycles. The summed E-state index contributed by atoms with van der Waals surface area (Å²) in [5.74, 6) is -1.59. The molecule has 0 atom stereocenters. The molecule has 2 aromatic heterocycles. The zero-order valence-corrected chi connectivity index (χ0v) is 8.71. The molecule has 0 aromatic carbocycles. The van der Waals surface area contributed by atoms with Gasteiger partial charge in [-0.15, -0.1) is 5.10 Å². The molecule has 0 aliphatic heterocycles. The maximum absolute atomic E-state index is 12.5. The highest BCUT2D eigenvalue weighted by atomic mass is 19.4. The van der Waals surface area contributed by atoms with Crippen molar-refractivity contribution in [3.63, 3.8) is 0 Å². The summed E-state index contributed by atoms with van der Waals surface area (Å²) in [7, 11) is 0. The number of aryl methyl sites for hydroxylation is 1. The number of nitrogens with two attached hydrogens (primary N) is 1. The summed E-state index contributed by atoms with van der Waals surface area (Å²) in [6, 6.07) is 2.97. The van der Waals surface area contributed by atoms with Crippen molar-refractivity contribution in [2.24, 2.45) is 5.73 Å². The van der Waals surface area contributed by atoms with E-state index in [1.54, 1.807) is 6.92 Å². The molecule has 0 aliphatic rings. The van der Waals surface area contributed by atoms with Gasteiger partial charge in [-0.1, -0.05) is 0 Å². The van der Waals surface area contributed by atoms with Crippen molar-refractivity contribution in [2.45, 2.75) is 13.1 Å². The predicted octanol–water partition coefficient (Wildman–Crippen LogP) is 1.34. The van der Waals surface area contributed by atoms with E-state index in [9.17, 15) is 13.2 Å². The number of amidine groups is 1. The van der Waals surface area contributed by atoms with Gasteiger partial charge in [0.15, 0.2) is 5.65 Å². The Morgan fingerprint density at radius 3 is 2.59 bits per heavy atom. The van der Waals surface area contributed by atoms with Crippen LogP contribution in [0.4, 0.5) is 13.2 Å². The molecular weight excluding hydrogens is 235 g/mol. The van der Waals surface area contributed by atoms with Crippen molar-refractivity contribution in [1.29, 1.82) is 5.41 Å². The number of hydrogen-bond donors (Lipinski definition) is 2. The third kappa shape index (κ3) is 1.81. The van der Waals surface area contributed by atoms with Crippen LogP contribution in [0.3, 0.4) is 0 Å².